The van der Waals surface area contributed by atoms with Crippen molar-refractivity contribution >= 4 is 11.9 Å². The molecule has 6 nitrogen and oxygen atoms in total. The lowest BCUT2D eigenvalue weighted by atomic mass is 9.95. The lowest BCUT2D eigenvalue weighted by Gasteiger charge is -2.22. The minimum absolute atomic E-state index is 0.0698. The summed E-state index contributed by atoms with van der Waals surface area (Å²) in [5.41, 5.74) is 0.333. The van der Waals surface area contributed by atoms with E-state index in [0.29, 0.717) is 30.2 Å². The molecule has 0 aliphatic heterocycles. The summed E-state index contributed by atoms with van der Waals surface area (Å²) in [6, 6.07) is 2.59. The fraction of sp³-hybridized carbons (Fsp3) is 0.714. The van der Waals surface area contributed by atoms with E-state index in [1.807, 2.05) is 20.8 Å². The van der Waals surface area contributed by atoms with E-state index in [1.54, 1.807) is 0 Å². The molecule has 0 fully saturated rings. The van der Waals surface area contributed by atoms with Gasteiger partial charge in [-0.05, 0) is 80.9 Å². The molecule has 194 valence electrons. The summed E-state index contributed by atoms with van der Waals surface area (Å²) >= 11 is 0. The summed E-state index contributed by atoms with van der Waals surface area (Å²) in [5.74, 6) is -0.750. The summed E-state index contributed by atoms with van der Waals surface area (Å²) in [4.78, 5) is 25.4. The molecular weight excluding hydrogens is 432 g/mol. The SMILES string of the molecule is CCC(CCC(C)C)OC(=O)c1cc(O)c(CC(CC)C(=O)OC(CC)CCC(C)C)cc1O. The fourth-order valence-electron chi connectivity index (χ4n) is 3.81. The van der Waals surface area contributed by atoms with Gasteiger partial charge in [-0.3, -0.25) is 4.79 Å². The van der Waals surface area contributed by atoms with Crippen molar-refractivity contribution in [2.24, 2.45) is 17.8 Å². The van der Waals surface area contributed by atoms with Gasteiger partial charge in [0.05, 0.1) is 5.92 Å². The molecule has 1 aromatic rings. The second-order valence-corrected chi connectivity index (χ2v) is 10.2. The van der Waals surface area contributed by atoms with Crippen LogP contribution in [0.15, 0.2) is 12.1 Å². The third-order valence-corrected chi connectivity index (χ3v) is 6.31. The summed E-state index contributed by atoms with van der Waals surface area (Å²) in [6.07, 6.45) is 5.35. The van der Waals surface area contributed by atoms with Gasteiger partial charge in [0.2, 0.25) is 0 Å². The van der Waals surface area contributed by atoms with Gasteiger partial charge in [0.25, 0.3) is 0 Å². The number of ether oxygens (including phenoxy) is 2. The summed E-state index contributed by atoms with van der Waals surface area (Å²) < 4.78 is 11.3. The summed E-state index contributed by atoms with van der Waals surface area (Å²) in [6.45, 7) is 14.4. The van der Waals surface area contributed by atoms with Gasteiger partial charge in [-0.15, -0.1) is 0 Å². The Hall–Kier alpha value is -2.24. The lowest BCUT2D eigenvalue weighted by molar-refractivity contribution is -0.154. The number of benzene rings is 1. The van der Waals surface area contributed by atoms with Crippen molar-refractivity contribution in [1.29, 1.82) is 0 Å². The van der Waals surface area contributed by atoms with Gasteiger partial charge in [0.15, 0.2) is 0 Å². The smallest absolute Gasteiger partial charge is 0.342 e. The van der Waals surface area contributed by atoms with Crippen LogP contribution in [-0.2, 0) is 20.7 Å². The molecule has 0 aliphatic carbocycles. The number of aromatic hydroxyl groups is 2. The third-order valence-electron chi connectivity index (χ3n) is 6.31. The first-order valence-electron chi connectivity index (χ1n) is 13.0. The Labute approximate surface area is 206 Å². The van der Waals surface area contributed by atoms with E-state index in [-0.39, 0.29) is 41.7 Å². The predicted molar refractivity (Wildman–Crippen MR) is 135 cm³/mol. The fourth-order valence-corrected chi connectivity index (χ4v) is 3.81. The Morgan fingerprint density at radius 3 is 1.76 bits per heavy atom. The Kier molecular flexibility index (Phi) is 13.1. The van der Waals surface area contributed by atoms with Crippen LogP contribution in [0.1, 0.15) is 109 Å². The normalized spacial score (nSPS) is 14.1. The molecule has 0 spiro atoms. The van der Waals surface area contributed by atoms with Crippen LogP contribution in [0.2, 0.25) is 0 Å². The van der Waals surface area contributed by atoms with Gasteiger partial charge in [0, 0.05) is 0 Å². The number of phenolic OH excluding ortho intramolecular Hbond substituents is 2. The second kappa shape index (κ2) is 14.9. The number of hydrogen-bond donors (Lipinski definition) is 2. The molecule has 1 rings (SSSR count). The maximum atomic E-state index is 12.8. The van der Waals surface area contributed by atoms with Gasteiger partial charge in [-0.25, -0.2) is 4.79 Å². The van der Waals surface area contributed by atoms with Crippen molar-refractivity contribution in [2.75, 3.05) is 0 Å². The van der Waals surface area contributed by atoms with E-state index in [1.165, 1.54) is 12.1 Å². The summed E-state index contributed by atoms with van der Waals surface area (Å²) in [5, 5.41) is 21.1. The number of hydrogen-bond acceptors (Lipinski definition) is 6. The highest BCUT2D eigenvalue weighted by Gasteiger charge is 2.25. The third kappa shape index (κ3) is 9.94. The van der Waals surface area contributed by atoms with Gasteiger partial charge >= 0.3 is 11.9 Å². The van der Waals surface area contributed by atoms with Crippen LogP contribution >= 0.6 is 0 Å². The number of rotatable bonds is 15. The van der Waals surface area contributed by atoms with Crippen molar-refractivity contribution < 1.29 is 29.3 Å². The Bertz CT molecular complexity index is 770. The number of carbonyl (C=O) groups is 2. The second-order valence-electron chi connectivity index (χ2n) is 10.2. The molecule has 0 saturated heterocycles. The molecule has 0 bridgehead atoms. The zero-order chi connectivity index (χ0) is 25.8. The maximum Gasteiger partial charge on any atom is 0.342 e. The van der Waals surface area contributed by atoms with Crippen molar-refractivity contribution in [3.63, 3.8) is 0 Å². The highest BCUT2D eigenvalue weighted by atomic mass is 16.5. The maximum absolute atomic E-state index is 12.8. The van der Waals surface area contributed by atoms with E-state index in [2.05, 4.69) is 27.7 Å². The van der Waals surface area contributed by atoms with Gasteiger partial charge in [0.1, 0.15) is 29.3 Å². The molecule has 3 atom stereocenters. The zero-order valence-corrected chi connectivity index (χ0v) is 22.2. The number of carbonyl (C=O) groups excluding carboxylic acids is 2. The van der Waals surface area contributed by atoms with Crippen LogP contribution in [0.25, 0.3) is 0 Å². The largest absolute Gasteiger partial charge is 0.508 e. The molecule has 0 aliphatic rings. The highest BCUT2D eigenvalue weighted by molar-refractivity contribution is 5.93. The quantitative estimate of drug-likeness (QED) is 0.213. The first-order chi connectivity index (χ1) is 16.0. The van der Waals surface area contributed by atoms with E-state index >= 15 is 0 Å². The van der Waals surface area contributed by atoms with Crippen molar-refractivity contribution in [2.45, 2.75) is 112 Å². The van der Waals surface area contributed by atoms with Crippen LogP contribution in [0.5, 0.6) is 11.5 Å². The van der Waals surface area contributed by atoms with Crippen LogP contribution in [0.3, 0.4) is 0 Å². The van der Waals surface area contributed by atoms with E-state index in [4.69, 9.17) is 9.47 Å². The predicted octanol–water partition coefficient (Wildman–Crippen LogP) is 6.80. The summed E-state index contributed by atoms with van der Waals surface area (Å²) in [7, 11) is 0. The molecule has 3 unspecified atom stereocenters. The van der Waals surface area contributed by atoms with Gasteiger partial charge < -0.3 is 19.7 Å². The minimum Gasteiger partial charge on any atom is -0.508 e. The van der Waals surface area contributed by atoms with Crippen LogP contribution in [0, 0.1) is 17.8 Å². The average Bonchev–Trinajstić information content (AvgIpc) is 2.78. The van der Waals surface area contributed by atoms with Gasteiger partial charge in [-0.2, -0.15) is 0 Å². The van der Waals surface area contributed by atoms with E-state index < -0.39 is 11.9 Å². The van der Waals surface area contributed by atoms with Crippen LogP contribution in [-0.4, -0.2) is 34.4 Å². The first-order valence-corrected chi connectivity index (χ1v) is 13.0. The number of esters is 2. The van der Waals surface area contributed by atoms with E-state index in [0.717, 1.165) is 32.1 Å². The molecule has 0 radical (unpaired) electrons. The molecule has 0 aromatic heterocycles. The van der Waals surface area contributed by atoms with Gasteiger partial charge in [-0.1, -0.05) is 48.5 Å². The molecule has 0 saturated carbocycles. The standard InChI is InChI=1S/C28H46O6/c1-8-20(27(31)33-22(9-2)13-11-18(4)5)15-21-16-26(30)24(17-25(21)29)28(32)34-23(10-3)14-12-19(6)7/h16-20,22-23,29-30H,8-15H2,1-7H3. The molecule has 34 heavy (non-hydrogen) atoms. The molecular formula is C28H46O6. The number of phenols is 2. The zero-order valence-electron chi connectivity index (χ0n) is 22.2. The van der Waals surface area contributed by atoms with Crippen LogP contribution < -0.4 is 0 Å². The minimum atomic E-state index is -0.655. The first kappa shape index (κ1) is 29.8. The molecule has 0 heterocycles. The monoisotopic (exact) mass is 478 g/mol. The van der Waals surface area contributed by atoms with Crippen molar-refractivity contribution in [3.05, 3.63) is 23.3 Å². The van der Waals surface area contributed by atoms with Crippen LogP contribution in [0.4, 0.5) is 0 Å². The molecule has 1 aromatic carbocycles. The molecule has 0 amide bonds. The molecule has 2 N–H and O–H groups in total. The highest BCUT2D eigenvalue weighted by Crippen LogP contribution is 2.31. The lowest BCUT2D eigenvalue weighted by Crippen LogP contribution is -2.25. The topological polar surface area (TPSA) is 93.1 Å². The Morgan fingerprint density at radius 1 is 0.765 bits per heavy atom. The van der Waals surface area contributed by atoms with Crippen molar-refractivity contribution in [1.82, 2.24) is 0 Å². The molecule has 6 heteroatoms. The van der Waals surface area contributed by atoms with Crippen molar-refractivity contribution in [3.8, 4) is 11.5 Å². The Balaban J connectivity index is 2.89. The van der Waals surface area contributed by atoms with E-state index in [9.17, 15) is 19.8 Å². The average molecular weight is 479 g/mol. The Morgan fingerprint density at radius 2 is 1.29 bits per heavy atom.